The van der Waals surface area contributed by atoms with Crippen molar-refractivity contribution in [3.63, 3.8) is 0 Å². The van der Waals surface area contributed by atoms with Crippen molar-refractivity contribution in [2.45, 2.75) is 0 Å². The second-order valence-electron chi connectivity index (χ2n) is 2.16. The van der Waals surface area contributed by atoms with E-state index in [0.717, 1.165) is 0 Å². The lowest BCUT2D eigenvalue weighted by Gasteiger charge is -2.02. The van der Waals surface area contributed by atoms with Gasteiger partial charge in [-0.15, -0.1) is 10.2 Å². The average molecular weight is 188 g/mol. The Bertz CT molecular complexity index is 227. The summed E-state index contributed by atoms with van der Waals surface area (Å²) in [5, 5.41) is 10.9. The monoisotopic (exact) mass is 187 g/mol. The van der Waals surface area contributed by atoms with Crippen LogP contribution < -0.4 is 5.32 Å². The molecule has 0 saturated carbocycles. The standard InChI is InChI=1S/C7H10ClN3O/c1-12-5-4-9-7-3-2-6(8)10-11-7/h2-3H,4-5H2,1H3,(H,9,11). The van der Waals surface area contributed by atoms with Crippen molar-refractivity contribution in [2.24, 2.45) is 0 Å². The van der Waals surface area contributed by atoms with E-state index in [9.17, 15) is 0 Å². The molecule has 0 aromatic carbocycles. The molecule has 1 rings (SSSR count). The Balaban J connectivity index is 2.37. The van der Waals surface area contributed by atoms with Gasteiger partial charge in [-0.3, -0.25) is 0 Å². The molecule has 0 spiro atoms. The summed E-state index contributed by atoms with van der Waals surface area (Å²) in [6, 6.07) is 3.45. The highest BCUT2D eigenvalue weighted by Crippen LogP contribution is 2.04. The van der Waals surface area contributed by atoms with Crippen molar-refractivity contribution in [3.05, 3.63) is 17.3 Å². The molecule has 0 radical (unpaired) electrons. The highest BCUT2D eigenvalue weighted by atomic mass is 35.5. The van der Waals surface area contributed by atoms with Crippen LogP contribution in [0.15, 0.2) is 12.1 Å². The summed E-state index contributed by atoms with van der Waals surface area (Å²) in [5.41, 5.74) is 0. The molecule has 1 aromatic rings. The molecule has 0 amide bonds. The van der Waals surface area contributed by atoms with Gasteiger partial charge in [0.25, 0.3) is 0 Å². The molecule has 4 nitrogen and oxygen atoms in total. The third-order valence-electron chi connectivity index (χ3n) is 1.24. The average Bonchev–Trinajstić information content (AvgIpc) is 2.09. The van der Waals surface area contributed by atoms with Crippen molar-refractivity contribution in [1.82, 2.24) is 10.2 Å². The molecule has 0 aliphatic heterocycles. The van der Waals surface area contributed by atoms with Gasteiger partial charge in [-0.2, -0.15) is 0 Å². The third kappa shape index (κ3) is 3.02. The largest absolute Gasteiger partial charge is 0.383 e. The number of nitrogens with one attached hydrogen (secondary N) is 1. The molecule has 0 atom stereocenters. The van der Waals surface area contributed by atoms with Crippen LogP contribution in [0.5, 0.6) is 0 Å². The Morgan fingerprint density at radius 2 is 2.33 bits per heavy atom. The molecule has 12 heavy (non-hydrogen) atoms. The Kier molecular flexibility index (Phi) is 3.76. The summed E-state index contributed by atoms with van der Waals surface area (Å²) in [6.07, 6.45) is 0. The molecule has 5 heteroatoms. The molecular weight excluding hydrogens is 178 g/mol. The van der Waals surface area contributed by atoms with Gasteiger partial charge in [0.2, 0.25) is 0 Å². The van der Waals surface area contributed by atoms with Gasteiger partial charge in [-0.05, 0) is 12.1 Å². The highest BCUT2D eigenvalue weighted by Gasteiger charge is 1.93. The fraction of sp³-hybridized carbons (Fsp3) is 0.429. The van der Waals surface area contributed by atoms with Crippen molar-refractivity contribution < 1.29 is 4.74 Å². The van der Waals surface area contributed by atoms with Gasteiger partial charge in [0, 0.05) is 13.7 Å². The fourth-order valence-electron chi connectivity index (χ4n) is 0.691. The van der Waals surface area contributed by atoms with E-state index in [-0.39, 0.29) is 0 Å². The molecule has 1 aromatic heterocycles. The lowest BCUT2D eigenvalue weighted by Crippen LogP contribution is -2.08. The van der Waals surface area contributed by atoms with Gasteiger partial charge in [-0.25, -0.2) is 0 Å². The first-order chi connectivity index (χ1) is 5.83. The van der Waals surface area contributed by atoms with Crippen molar-refractivity contribution >= 4 is 17.4 Å². The second kappa shape index (κ2) is 4.90. The van der Waals surface area contributed by atoms with Crippen LogP contribution in [0.1, 0.15) is 0 Å². The fourth-order valence-corrected chi connectivity index (χ4v) is 0.792. The number of aromatic nitrogens is 2. The summed E-state index contributed by atoms with van der Waals surface area (Å²) < 4.78 is 4.85. The quantitative estimate of drug-likeness (QED) is 0.720. The number of anilines is 1. The number of halogens is 1. The van der Waals surface area contributed by atoms with Gasteiger partial charge in [0.15, 0.2) is 5.15 Å². The normalized spacial score (nSPS) is 9.83. The predicted molar refractivity (Wildman–Crippen MR) is 47.4 cm³/mol. The number of methoxy groups -OCH3 is 1. The Morgan fingerprint density at radius 3 is 2.92 bits per heavy atom. The van der Waals surface area contributed by atoms with Gasteiger partial charge in [-0.1, -0.05) is 11.6 Å². The summed E-state index contributed by atoms with van der Waals surface area (Å²) in [7, 11) is 1.65. The van der Waals surface area contributed by atoms with Crippen LogP contribution in [-0.4, -0.2) is 30.5 Å². The zero-order valence-corrected chi connectivity index (χ0v) is 7.51. The molecule has 0 aliphatic carbocycles. The molecule has 0 saturated heterocycles. The topological polar surface area (TPSA) is 47.0 Å². The van der Waals surface area contributed by atoms with Gasteiger partial charge in [0.05, 0.1) is 6.61 Å². The number of hydrogen-bond acceptors (Lipinski definition) is 4. The van der Waals surface area contributed by atoms with Gasteiger partial charge >= 0.3 is 0 Å². The van der Waals surface area contributed by atoms with Crippen LogP contribution in [0.25, 0.3) is 0 Å². The molecule has 0 fully saturated rings. The van der Waals surface area contributed by atoms with E-state index in [0.29, 0.717) is 24.1 Å². The third-order valence-corrected chi connectivity index (χ3v) is 1.45. The maximum Gasteiger partial charge on any atom is 0.151 e. The molecule has 1 N–H and O–H groups in total. The molecule has 0 aliphatic rings. The predicted octanol–water partition coefficient (Wildman–Crippen LogP) is 1.19. The first-order valence-electron chi connectivity index (χ1n) is 3.55. The van der Waals surface area contributed by atoms with Crippen LogP contribution in [0.4, 0.5) is 5.82 Å². The lowest BCUT2D eigenvalue weighted by atomic mass is 10.5. The Hall–Kier alpha value is -0.870. The van der Waals surface area contributed by atoms with E-state index >= 15 is 0 Å². The summed E-state index contributed by atoms with van der Waals surface area (Å²) in [6.45, 7) is 1.36. The minimum absolute atomic E-state index is 0.396. The van der Waals surface area contributed by atoms with E-state index in [2.05, 4.69) is 15.5 Å². The van der Waals surface area contributed by atoms with Crippen LogP contribution in [0.3, 0.4) is 0 Å². The van der Waals surface area contributed by atoms with Crippen molar-refractivity contribution in [1.29, 1.82) is 0 Å². The number of rotatable bonds is 4. The number of hydrogen-bond donors (Lipinski definition) is 1. The number of nitrogens with zero attached hydrogens (tertiary/aromatic N) is 2. The molecule has 1 heterocycles. The maximum absolute atomic E-state index is 5.55. The molecular formula is C7H10ClN3O. The minimum Gasteiger partial charge on any atom is -0.383 e. The first-order valence-corrected chi connectivity index (χ1v) is 3.93. The Morgan fingerprint density at radius 1 is 1.50 bits per heavy atom. The van der Waals surface area contributed by atoms with Crippen LogP contribution in [0.2, 0.25) is 5.15 Å². The summed E-state index contributed by atoms with van der Waals surface area (Å²) >= 11 is 5.55. The second-order valence-corrected chi connectivity index (χ2v) is 2.55. The zero-order valence-electron chi connectivity index (χ0n) is 6.75. The smallest absolute Gasteiger partial charge is 0.151 e. The van der Waals surface area contributed by atoms with E-state index in [1.807, 2.05) is 0 Å². The molecule has 66 valence electrons. The Labute approximate surface area is 75.9 Å². The van der Waals surface area contributed by atoms with Crippen molar-refractivity contribution in [2.75, 3.05) is 25.6 Å². The van der Waals surface area contributed by atoms with Crippen molar-refractivity contribution in [3.8, 4) is 0 Å². The van der Waals surface area contributed by atoms with E-state index < -0.39 is 0 Å². The van der Waals surface area contributed by atoms with Crippen LogP contribution in [0, 0.1) is 0 Å². The number of ether oxygens (including phenoxy) is 1. The maximum atomic E-state index is 5.55. The zero-order chi connectivity index (χ0) is 8.81. The van der Waals surface area contributed by atoms with E-state index in [1.54, 1.807) is 19.2 Å². The van der Waals surface area contributed by atoms with E-state index in [1.165, 1.54) is 0 Å². The van der Waals surface area contributed by atoms with Crippen LogP contribution >= 0.6 is 11.6 Å². The molecule has 0 bridgehead atoms. The first kappa shape index (κ1) is 9.22. The summed E-state index contributed by atoms with van der Waals surface area (Å²) in [4.78, 5) is 0. The molecule has 0 unspecified atom stereocenters. The minimum atomic E-state index is 0.396. The lowest BCUT2D eigenvalue weighted by molar-refractivity contribution is 0.210. The van der Waals surface area contributed by atoms with Gasteiger partial charge in [0.1, 0.15) is 5.82 Å². The van der Waals surface area contributed by atoms with Crippen LogP contribution in [-0.2, 0) is 4.74 Å². The summed E-state index contributed by atoms with van der Waals surface area (Å²) in [5.74, 6) is 0.705. The highest BCUT2D eigenvalue weighted by molar-refractivity contribution is 6.29. The van der Waals surface area contributed by atoms with E-state index in [4.69, 9.17) is 16.3 Å². The van der Waals surface area contributed by atoms with Gasteiger partial charge < -0.3 is 10.1 Å². The SMILES string of the molecule is COCCNc1ccc(Cl)nn1.